The van der Waals surface area contributed by atoms with E-state index in [9.17, 15) is 23.5 Å². The van der Waals surface area contributed by atoms with Crippen molar-refractivity contribution in [1.29, 1.82) is 5.26 Å². The number of nitrogens with one attached hydrogen (secondary N) is 1. The number of halogens is 3. The number of aliphatic hydroxyl groups excluding tert-OH is 1. The molecule has 1 aromatic carbocycles. The molecule has 2 N–H and O–H groups in total. The van der Waals surface area contributed by atoms with Crippen LogP contribution in [0.1, 0.15) is 43.4 Å². The lowest BCUT2D eigenvalue weighted by atomic mass is 9.93. The molecule has 1 fully saturated rings. The van der Waals surface area contributed by atoms with Crippen LogP contribution in [0.5, 0.6) is 5.75 Å². The van der Waals surface area contributed by atoms with Crippen LogP contribution in [0.3, 0.4) is 0 Å². The average molecular weight is 473 g/mol. The fourth-order valence-corrected chi connectivity index (χ4v) is 4.23. The molecule has 34 heavy (non-hydrogen) atoms. The minimum absolute atomic E-state index is 0.0574. The van der Waals surface area contributed by atoms with Gasteiger partial charge in [-0.25, -0.2) is 9.97 Å². The molecule has 0 amide bonds. The van der Waals surface area contributed by atoms with Gasteiger partial charge >= 0.3 is 6.18 Å². The zero-order chi connectivity index (χ0) is 24.3. The number of pyridine rings is 1. The van der Waals surface area contributed by atoms with E-state index in [0.29, 0.717) is 30.0 Å². The van der Waals surface area contributed by atoms with Crippen LogP contribution in [0.4, 0.5) is 13.2 Å². The maximum Gasteiger partial charge on any atom is 0.419 e. The molecule has 1 aliphatic rings. The maximum absolute atomic E-state index is 13.8. The molecule has 0 atom stereocenters. The molecule has 0 unspecified atom stereocenters. The Bertz CT molecular complexity index is 1190. The van der Waals surface area contributed by atoms with E-state index in [2.05, 4.69) is 15.3 Å². The number of hydrogen-bond acceptors (Lipinski definition) is 6. The highest BCUT2D eigenvalue weighted by Gasteiger charge is 2.35. The molecular weight excluding hydrogens is 447 g/mol. The van der Waals surface area contributed by atoms with Gasteiger partial charge in [0.05, 0.1) is 35.8 Å². The van der Waals surface area contributed by atoms with E-state index >= 15 is 0 Å². The normalized spacial score (nSPS) is 18.7. The Morgan fingerprint density at radius 2 is 2.00 bits per heavy atom. The monoisotopic (exact) mass is 473 g/mol. The predicted molar refractivity (Wildman–Crippen MR) is 120 cm³/mol. The maximum atomic E-state index is 13.8. The van der Waals surface area contributed by atoms with E-state index in [1.165, 1.54) is 18.5 Å². The van der Waals surface area contributed by atoms with Crippen LogP contribution in [-0.2, 0) is 13.2 Å². The number of aromatic nitrogens is 3. The van der Waals surface area contributed by atoms with Gasteiger partial charge in [0.1, 0.15) is 17.3 Å². The van der Waals surface area contributed by atoms with Gasteiger partial charge in [0, 0.05) is 18.7 Å². The summed E-state index contributed by atoms with van der Waals surface area (Å²) in [5.74, 6) is -0.237. The highest BCUT2D eigenvalue weighted by molar-refractivity contribution is 5.84. The van der Waals surface area contributed by atoms with Crippen LogP contribution in [0.25, 0.3) is 22.3 Å². The molecular formula is C24H26F3N5O2. The number of rotatable bonds is 7. The smallest absolute Gasteiger partial charge is 0.419 e. The third-order valence-electron chi connectivity index (χ3n) is 6.11. The second kappa shape index (κ2) is 9.99. The molecule has 2 aromatic heterocycles. The SMILES string of the molecule is Cn1cnc2c(C#N)nc(-c3ccc(OCCCNC4CCC(O)CC4)c(C(F)(F)F)c3)cc21. The van der Waals surface area contributed by atoms with Crippen LogP contribution in [0, 0.1) is 11.3 Å². The fourth-order valence-electron chi connectivity index (χ4n) is 4.23. The Morgan fingerprint density at radius 1 is 1.24 bits per heavy atom. The number of fused-ring (bicyclic) bond motifs is 1. The summed E-state index contributed by atoms with van der Waals surface area (Å²) in [6, 6.07) is 7.74. The summed E-state index contributed by atoms with van der Waals surface area (Å²) in [5, 5.41) is 22.3. The number of ether oxygens (including phenoxy) is 1. The van der Waals surface area contributed by atoms with Gasteiger partial charge in [0.25, 0.3) is 0 Å². The van der Waals surface area contributed by atoms with Gasteiger partial charge < -0.3 is 19.7 Å². The summed E-state index contributed by atoms with van der Waals surface area (Å²) in [7, 11) is 1.74. The quantitative estimate of drug-likeness (QED) is 0.500. The average Bonchev–Trinajstić information content (AvgIpc) is 3.19. The Balaban J connectivity index is 1.47. The summed E-state index contributed by atoms with van der Waals surface area (Å²) in [6.45, 7) is 0.772. The third kappa shape index (κ3) is 5.32. The van der Waals surface area contributed by atoms with Crippen LogP contribution >= 0.6 is 0 Å². The van der Waals surface area contributed by atoms with E-state index in [0.717, 1.165) is 31.7 Å². The second-order valence-corrected chi connectivity index (χ2v) is 8.56. The molecule has 2 heterocycles. The van der Waals surface area contributed by atoms with Gasteiger partial charge in [-0.3, -0.25) is 0 Å². The van der Waals surface area contributed by atoms with Crippen molar-refractivity contribution in [3.05, 3.63) is 41.9 Å². The fraction of sp³-hybridized carbons (Fsp3) is 0.458. The Kier molecular flexibility index (Phi) is 7.05. The molecule has 0 aliphatic heterocycles. The van der Waals surface area contributed by atoms with Gasteiger partial charge in [-0.15, -0.1) is 0 Å². The Morgan fingerprint density at radius 3 is 2.71 bits per heavy atom. The van der Waals surface area contributed by atoms with Crippen LogP contribution in [0.2, 0.25) is 0 Å². The zero-order valence-corrected chi connectivity index (χ0v) is 18.8. The molecule has 0 bridgehead atoms. The first-order chi connectivity index (χ1) is 16.3. The number of aryl methyl sites for hydroxylation is 1. The topological polar surface area (TPSA) is 96.0 Å². The van der Waals surface area contributed by atoms with Gasteiger partial charge in [0.15, 0.2) is 5.69 Å². The number of imidazole rings is 1. The first-order valence-electron chi connectivity index (χ1n) is 11.2. The summed E-state index contributed by atoms with van der Waals surface area (Å²) in [4.78, 5) is 8.36. The summed E-state index contributed by atoms with van der Waals surface area (Å²) in [5.41, 5.74) is 0.677. The van der Waals surface area contributed by atoms with E-state index in [1.54, 1.807) is 17.7 Å². The highest BCUT2D eigenvalue weighted by Crippen LogP contribution is 2.39. The third-order valence-corrected chi connectivity index (χ3v) is 6.11. The summed E-state index contributed by atoms with van der Waals surface area (Å²) in [6.07, 6.45) is 0.590. The van der Waals surface area contributed by atoms with Crippen molar-refractivity contribution in [1.82, 2.24) is 19.9 Å². The lowest BCUT2D eigenvalue weighted by molar-refractivity contribution is -0.138. The van der Waals surface area contributed by atoms with Crippen molar-refractivity contribution >= 4 is 11.0 Å². The number of benzene rings is 1. The van der Waals surface area contributed by atoms with Crippen molar-refractivity contribution in [3.8, 4) is 23.1 Å². The van der Waals surface area contributed by atoms with Crippen LogP contribution in [-0.4, -0.2) is 44.9 Å². The van der Waals surface area contributed by atoms with Crippen molar-refractivity contribution in [2.45, 2.75) is 50.4 Å². The molecule has 3 aromatic rings. The zero-order valence-electron chi connectivity index (χ0n) is 18.8. The lowest BCUT2D eigenvalue weighted by Gasteiger charge is -2.26. The summed E-state index contributed by atoms with van der Waals surface area (Å²) >= 11 is 0. The highest BCUT2D eigenvalue weighted by atomic mass is 19.4. The standard InChI is InChI=1S/C24H26F3N5O2/c1-32-14-30-23-20(13-28)31-19(12-21(23)32)15-3-8-22(18(11-15)24(25,26)27)34-10-2-9-29-16-4-6-17(33)7-5-16/h3,8,11-12,14,16-17,29,33H,2,4-7,9-10H2,1H3. The molecule has 0 spiro atoms. The predicted octanol–water partition coefficient (Wildman–Crippen LogP) is 4.19. The van der Waals surface area contributed by atoms with Gasteiger partial charge in [0.2, 0.25) is 0 Å². The number of hydrogen-bond donors (Lipinski definition) is 2. The van der Waals surface area contributed by atoms with Crippen molar-refractivity contribution in [3.63, 3.8) is 0 Å². The first-order valence-corrected chi connectivity index (χ1v) is 11.2. The van der Waals surface area contributed by atoms with Crippen molar-refractivity contribution < 1.29 is 23.0 Å². The molecule has 180 valence electrons. The minimum Gasteiger partial charge on any atom is -0.493 e. The number of nitrogens with zero attached hydrogens (tertiary/aromatic N) is 4. The number of nitriles is 1. The molecule has 0 radical (unpaired) electrons. The van der Waals surface area contributed by atoms with Crippen LogP contribution < -0.4 is 10.1 Å². The van der Waals surface area contributed by atoms with E-state index in [4.69, 9.17) is 4.74 Å². The molecule has 7 nitrogen and oxygen atoms in total. The van der Waals surface area contributed by atoms with Crippen LogP contribution in [0.15, 0.2) is 30.6 Å². The molecule has 10 heteroatoms. The van der Waals surface area contributed by atoms with E-state index in [1.807, 2.05) is 6.07 Å². The molecule has 0 saturated heterocycles. The van der Waals surface area contributed by atoms with Crippen molar-refractivity contribution in [2.75, 3.05) is 13.2 Å². The molecule has 1 saturated carbocycles. The number of alkyl halides is 3. The van der Waals surface area contributed by atoms with Gasteiger partial charge in [-0.05, 0) is 62.9 Å². The Hall–Kier alpha value is -3.16. The second-order valence-electron chi connectivity index (χ2n) is 8.56. The van der Waals surface area contributed by atoms with E-state index in [-0.39, 0.29) is 35.4 Å². The molecule has 4 rings (SSSR count). The van der Waals surface area contributed by atoms with Gasteiger partial charge in [-0.1, -0.05) is 0 Å². The first kappa shape index (κ1) is 24.0. The van der Waals surface area contributed by atoms with Crippen molar-refractivity contribution in [2.24, 2.45) is 7.05 Å². The largest absolute Gasteiger partial charge is 0.493 e. The summed E-state index contributed by atoms with van der Waals surface area (Å²) < 4.78 is 48.6. The van der Waals surface area contributed by atoms with E-state index < -0.39 is 11.7 Å². The molecule has 1 aliphatic carbocycles. The lowest BCUT2D eigenvalue weighted by Crippen LogP contribution is -2.35. The minimum atomic E-state index is -4.61. The number of aliphatic hydroxyl groups is 1. The Labute approximate surface area is 195 Å². The van der Waals surface area contributed by atoms with Gasteiger partial charge in [-0.2, -0.15) is 18.4 Å².